The quantitative estimate of drug-likeness (QED) is 0.500. The van der Waals surface area contributed by atoms with Gasteiger partial charge in [0, 0.05) is 19.8 Å². The summed E-state index contributed by atoms with van der Waals surface area (Å²) in [5.41, 5.74) is 0. The van der Waals surface area contributed by atoms with Gasteiger partial charge in [0.2, 0.25) is 5.91 Å². The highest BCUT2D eigenvalue weighted by Crippen LogP contribution is 2.28. The molecule has 0 bridgehead atoms. The normalized spacial score (nSPS) is 38.9. The summed E-state index contributed by atoms with van der Waals surface area (Å²) >= 11 is 0. The molecule has 2 rings (SSSR count). The maximum atomic E-state index is 11.2. The summed E-state index contributed by atoms with van der Waals surface area (Å²) in [6.45, 7) is 6.11. The molecule has 0 spiro atoms. The minimum Gasteiger partial charge on any atom is -0.331 e. The van der Waals surface area contributed by atoms with Crippen LogP contribution in [0.5, 0.6) is 0 Å². The first-order valence-corrected chi connectivity index (χ1v) is 5.21. The first kappa shape index (κ1) is 9.00. The first-order valence-electron chi connectivity index (χ1n) is 5.21. The molecular formula is C10H19N2O+. The molecule has 2 aliphatic heterocycles. The Morgan fingerprint density at radius 1 is 1.46 bits per heavy atom. The van der Waals surface area contributed by atoms with Crippen molar-refractivity contribution in [2.75, 3.05) is 33.2 Å². The Hall–Kier alpha value is -0.570. The Labute approximate surface area is 79.9 Å². The molecule has 2 atom stereocenters. The molecule has 3 heteroatoms. The number of likely N-dealkylation sites (N-methyl/N-ethyl adjacent to an activating group) is 1. The highest BCUT2D eigenvalue weighted by molar-refractivity contribution is 5.73. The van der Waals surface area contributed by atoms with Crippen LogP contribution < -0.4 is 0 Å². The Balaban J connectivity index is 2.06. The minimum atomic E-state index is 0.248. The Morgan fingerprint density at radius 3 is 2.92 bits per heavy atom. The summed E-state index contributed by atoms with van der Waals surface area (Å²) in [6.07, 6.45) is 2.65. The molecule has 0 N–H and O–H groups in total. The Kier molecular flexibility index (Phi) is 2.06. The molecule has 0 saturated carbocycles. The van der Waals surface area contributed by atoms with E-state index < -0.39 is 0 Å². The van der Waals surface area contributed by atoms with E-state index in [4.69, 9.17) is 0 Å². The zero-order valence-electron chi connectivity index (χ0n) is 8.62. The van der Waals surface area contributed by atoms with Gasteiger partial charge in [-0.15, -0.1) is 0 Å². The van der Waals surface area contributed by atoms with Crippen molar-refractivity contribution in [3.8, 4) is 0 Å². The second-order valence-corrected chi connectivity index (χ2v) is 4.69. The largest absolute Gasteiger partial charge is 0.331 e. The lowest BCUT2D eigenvalue weighted by atomic mass is 10.1. The number of hydrogen-bond donors (Lipinski definition) is 0. The van der Waals surface area contributed by atoms with Crippen molar-refractivity contribution < 1.29 is 9.28 Å². The van der Waals surface area contributed by atoms with Gasteiger partial charge in [-0.1, -0.05) is 0 Å². The van der Waals surface area contributed by atoms with E-state index >= 15 is 0 Å². The van der Waals surface area contributed by atoms with Crippen LogP contribution in [0.2, 0.25) is 0 Å². The van der Waals surface area contributed by atoms with Crippen molar-refractivity contribution in [3.63, 3.8) is 0 Å². The standard InChI is InChI=1S/C10H19N2O/c1-9(13)11-5-7-12(2)6-3-4-10(12)8-11/h10H,3-8H2,1-2H3/q+1. The van der Waals surface area contributed by atoms with Crippen molar-refractivity contribution in [2.24, 2.45) is 0 Å². The van der Waals surface area contributed by atoms with E-state index in [1.165, 1.54) is 23.9 Å². The van der Waals surface area contributed by atoms with E-state index in [0.717, 1.165) is 25.7 Å². The van der Waals surface area contributed by atoms with E-state index in [1.54, 1.807) is 6.92 Å². The molecule has 2 fully saturated rings. The van der Waals surface area contributed by atoms with Gasteiger partial charge in [-0.05, 0) is 0 Å². The average Bonchev–Trinajstić information content (AvgIpc) is 2.44. The zero-order valence-corrected chi connectivity index (χ0v) is 8.62. The Morgan fingerprint density at radius 2 is 2.23 bits per heavy atom. The number of carbonyl (C=O) groups is 1. The molecule has 0 radical (unpaired) electrons. The fourth-order valence-electron chi connectivity index (χ4n) is 2.75. The predicted molar refractivity (Wildman–Crippen MR) is 51.2 cm³/mol. The van der Waals surface area contributed by atoms with Gasteiger partial charge in [-0.2, -0.15) is 0 Å². The van der Waals surface area contributed by atoms with Gasteiger partial charge in [-0.25, -0.2) is 0 Å². The molecule has 2 saturated heterocycles. The third-order valence-corrected chi connectivity index (χ3v) is 3.85. The monoisotopic (exact) mass is 183 g/mol. The van der Waals surface area contributed by atoms with Gasteiger partial charge in [0.25, 0.3) is 0 Å². The summed E-state index contributed by atoms with van der Waals surface area (Å²) in [5, 5.41) is 0. The summed E-state index contributed by atoms with van der Waals surface area (Å²) in [4.78, 5) is 13.2. The molecule has 3 nitrogen and oxygen atoms in total. The molecule has 2 unspecified atom stereocenters. The molecule has 0 aromatic carbocycles. The third kappa shape index (κ3) is 1.46. The second kappa shape index (κ2) is 2.98. The van der Waals surface area contributed by atoms with Gasteiger partial charge in [-0.3, -0.25) is 4.79 Å². The molecule has 13 heavy (non-hydrogen) atoms. The molecule has 1 amide bonds. The van der Waals surface area contributed by atoms with E-state index in [0.29, 0.717) is 0 Å². The molecule has 0 aromatic heterocycles. The lowest BCUT2D eigenvalue weighted by molar-refractivity contribution is -0.924. The minimum absolute atomic E-state index is 0.248. The molecule has 2 aliphatic rings. The zero-order chi connectivity index (χ0) is 9.47. The van der Waals surface area contributed by atoms with Crippen molar-refractivity contribution in [2.45, 2.75) is 25.8 Å². The van der Waals surface area contributed by atoms with Crippen molar-refractivity contribution in [1.82, 2.24) is 4.90 Å². The van der Waals surface area contributed by atoms with Crippen molar-refractivity contribution >= 4 is 5.91 Å². The van der Waals surface area contributed by atoms with Crippen LogP contribution in [0.25, 0.3) is 0 Å². The summed E-state index contributed by atoms with van der Waals surface area (Å²) in [7, 11) is 2.34. The lowest BCUT2D eigenvalue weighted by Crippen LogP contribution is -2.61. The van der Waals surface area contributed by atoms with Crippen LogP contribution in [-0.4, -0.2) is 54.6 Å². The van der Waals surface area contributed by atoms with Crippen LogP contribution in [0, 0.1) is 0 Å². The van der Waals surface area contributed by atoms with Gasteiger partial charge in [0.15, 0.2) is 0 Å². The van der Waals surface area contributed by atoms with Crippen molar-refractivity contribution in [1.29, 1.82) is 0 Å². The van der Waals surface area contributed by atoms with E-state index in [-0.39, 0.29) is 5.91 Å². The molecule has 0 aliphatic carbocycles. The number of rotatable bonds is 0. The maximum absolute atomic E-state index is 11.2. The topological polar surface area (TPSA) is 20.3 Å². The number of carbonyl (C=O) groups excluding carboxylic acids is 1. The molecule has 74 valence electrons. The van der Waals surface area contributed by atoms with Crippen molar-refractivity contribution in [3.05, 3.63) is 0 Å². The second-order valence-electron chi connectivity index (χ2n) is 4.69. The van der Waals surface area contributed by atoms with E-state index in [1.807, 2.05) is 4.90 Å². The average molecular weight is 183 g/mol. The number of amides is 1. The third-order valence-electron chi connectivity index (χ3n) is 3.85. The lowest BCUT2D eigenvalue weighted by Gasteiger charge is -2.44. The fraction of sp³-hybridized carbons (Fsp3) is 0.900. The summed E-state index contributed by atoms with van der Waals surface area (Å²) in [6, 6.07) is 0.720. The summed E-state index contributed by atoms with van der Waals surface area (Å²) < 4.78 is 1.21. The van der Waals surface area contributed by atoms with Gasteiger partial charge in [0.1, 0.15) is 6.04 Å². The number of quaternary nitrogens is 1. The van der Waals surface area contributed by atoms with E-state index in [9.17, 15) is 4.79 Å². The fourth-order valence-corrected chi connectivity index (χ4v) is 2.75. The Bertz CT molecular complexity index is 229. The molecule has 2 heterocycles. The molecular weight excluding hydrogens is 164 g/mol. The number of piperazine rings is 1. The smallest absolute Gasteiger partial charge is 0.219 e. The number of nitrogens with zero attached hydrogens (tertiary/aromatic N) is 2. The van der Waals surface area contributed by atoms with Gasteiger partial charge >= 0.3 is 0 Å². The number of hydrogen-bond acceptors (Lipinski definition) is 1. The highest BCUT2D eigenvalue weighted by Gasteiger charge is 2.42. The number of fused-ring (bicyclic) bond motifs is 1. The van der Waals surface area contributed by atoms with Crippen LogP contribution in [0.4, 0.5) is 0 Å². The van der Waals surface area contributed by atoms with Crippen LogP contribution in [-0.2, 0) is 4.79 Å². The predicted octanol–water partition coefficient (Wildman–Crippen LogP) is 0.457. The first-order chi connectivity index (χ1) is 6.12. The van der Waals surface area contributed by atoms with Crippen LogP contribution >= 0.6 is 0 Å². The maximum Gasteiger partial charge on any atom is 0.219 e. The van der Waals surface area contributed by atoms with Gasteiger partial charge < -0.3 is 9.38 Å². The van der Waals surface area contributed by atoms with Crippen LogP contribution in [0.15, 0.2) is 0 Å². The van der Waals surface area contributed by atoms with Crippen LogP contribution in [0.3, 0.4) is 0 Å². The van der Waals surface area contributed by atoms with Gasteiger partial charge in [0.05, 0.1) is 33.2 Å². The summed E-state index contributed by atoms with van der Waals surface area (Å²) in [5.74, 6) is 0.248. The molecule has 0 aromatic rings. The highest BCUT2D eigenvalue weighted by atomic mass is 16.2. The van der Waals surface area contributed by atoms with Crippen LogP contribution in [0.1, 0.15) is 19.8 Å². The van der Waals surface area contributed by atoms with E-state index in [2.05, 4.69) is 7.05 Å². The SMILES string of the molecule is CC(=O)N1CC[N+]2(C)CCCC2C1.